The van der Waals surface area contributed by atoms with Crippen molar-refractivity contribution in [3.8, 4) is 0 Å². The molecule has 0 aromatic carbocycles. The van der Waals surface area contributed by atoms with Gasteiger partial charge in [0.05, 0.1) is 5.69 Å². The van der Waals surface area contributed by atoms with Crippen molar-refractivity contribution in [1.82, 2.24) is 14.7 Å². The van der Waals surface area contributed by atoms with E-state index in [-0.39, 0.29) is 12.0 Å². The maximum Gasteiger partial charge on any atom is 0.137 e. The van der Waals surface area contributed by atoms with E-state index in [4.69, 9.17) is 5.11 Å². The van der Waals surface area contributed by atoms with Crippen molar-refractivity contribution in [2.24, 2.45) is 5.41 Å². The Kier molecular flexibility index (Phi) is 4.56. The van der Waals surface area contributed by atoms with Crippen LogP contribution in [0.1, 0.15) is 32.4 Å². The van der Waals surface area contributed by atoms with Gasteiger partial charge in [-0.2, -0.15) is 0 Å². The molecule has 19 heavy (non-hydrogen) atoms. The van der Waals surface area contributed by atoms with Gasteiger partial charge >= 0.3 is 0 Å². The normalized spacial score (nSPS) is 12.2. The molecule has 0 atom stereocenters. The van der Waals surface area contributed by atoms with Crippen LogP contribution in [0.3, 0.4) is 0 Å². The summed E-state index contributed by atoms with van der Waals surface area (Å²) < 4.78 is 2.04. The number of hydrogen-bond acceptors (Lipinski definition) is 3. The number of aliphatic hydroxyl groups excluding tert-OH is 1. The van der Waals surface area contributed by atoms with E-state index in [1.807, 2.05) is 28.8 Å². The highest BCUT2D eigenvalue weighted by molar-refractivity contribution is 5.39. The molecule has 0 saturated carbocycles. The number of imidazole rings is 1. The van der Waals surface area contributed by atoms with Crippen LogP contribution in [-0.2, 0) is 6.54 Å². The number of aliphatic hydroxyl groups is 1. The van der Waals surface area contributed by atoms with Gasteiger partial charge in [0.15, 0.2) is 0 Å². The molecule has 0 aliphatic heterocycles. The van der Waals surface area contributed by atoms with Crippen LogP contribution in [0.4, 0.5) is 0 Å². The molecule has 2 N–H and O–H groups in total. The number of hydrogen-bond donors (Lipinski definition) is 2. The number of nitrogens with zero attached hydrogens (tertiary/aromatic N) is 2. The quantitative estimate of drug-likeness (QED) is 0.803. The molecule has 0 aliphatic carbocycles. The van der Waals surface area contributed by atoms with E-state index in [2.05, 4.69) is 30.3 Å². The molecule has 0 fully saturated rings. The highest BCUT2D eigenvalue weighted by Gasteiger charge is 2.16. The Labute approximate surface area is 114 Å². The second-order valence-corrected chi connectivity index (χ2v) is 5.79. The van der Waals surface area contributed by atoms with Gasteiger partial charge < -0.3 is 14.8 Å². The number of fused-ring (bicyclic) bond motifs is 1. The number of nitrogens with one attached hydrogen (secondary N) is 1. The van der Waals surface area contributed by atoms with E-state index < -0.39 is 0 Å². The fourth-order valence-corrected chi connectivity index (χ4v) is 2.25. The first-order valence-electron chi connectivity index (χ1n) is 6.85. The van der Waals surface area contributed by atoms with Gasteiger partial charge in [-0.3, -0.25) is 0 Å². The zero-order valence-electron chi connectivity index (χ0n) is 11.8. The van der Waals surface area contributed by atoms with Gasteiger partial charge in [-0.05, 0) is 30.4 Å². The van der Waals surface area contributed by atoms with Crippen LogP contribution < -0.4 is 5.32 Å². The molecule has 0 saturated heterocycles. The fraction of sp³-hybridized carbons (Fsp3) is 0.533. The number of pyridine rings is 1. The third kappa shape index (κ3) is 4.04. The van der Waals surface area contributed by atoms with Crippen molar-refractivity contribution in [2.75, 3.05) is 13.2 Å². The molecule has 2 aromatic heterocycles. The van der Waals surface area contributed by atoms with Crippen molar-refractivity contribution in [1.29, 1.82) is 0 Å². The van der Waals surface area contributed by atoms with E-state index in [0.717, 1.165) is 37.3 Å². The smallest absolute Gasteiger partial charge is 0.137 e. The van der Waals surface area contributed by atoms with E-state index in [1.165, 1.54) is 0 Å². The highest BCUT2D eigenvalue weighted by atomic mass is 16.2. The van der Waals surface area contributed by atoms with Crippen molar-refractivity contribution < 1.29 is 5.11 Å². The molecule has 0 radical (unpaired) electrons. The van der Waals surface area contributed by atoms with Gasteiger partial charge in [-0.25, -0.2) is 4.98 Å². The first kappa shape index (κ1) is 14.0. The monoisotopic (exact) mass is 261 g/mol. The minimum Gasteiger partial charge on any atom is -0.396 e. The van der Waals surface area contributed by atoms with Gasteiger partial charge in [-0.1, -0.05) is 19.9 Å². The van der Waals surface area contributed by atoms with E-state index in [0.29, 0.717) is 0 Å². The Bertz CT molecular complexity index is 486. The van der Waals surface area contributed by atoms with E-state index >= 15 is 0 Å². The lowest BCUT2D eigenvalue weighted by molar-refractivity contribution is 0.236. The molecule has 0 spiro atoms. The zero-order valence-corrected chi connectivity index (χ0v) is 11.8. The van der Waals surface area contributed by atoms with Crippen molar-refractivity contribution in [2.45, 2.75) is 33.2 Å². The maximum absolute atomic E-state index is 8.88. The minimum atomic E-state index is 0.210. The summed E-state index contributed by atoms with van der Waals surface area (Å²) in [6, 6.07) is 6.01. The molecule has 2 heterocycles. The zero-order chi connectivity index (χ0) is 13.7. The van der Waals surface area contributed by atoms with Gasteiger partial charge in [0.1, 0.15) is 5.65 Å². The minimum absolute atomic E-state index is 0.210. The third-order valence-electron chi connectivity index (χ3n) is 3.34. The lowest BCUT2D eigenvalue weighted by Gasteiger charge is -2.24. The Balaban J connectivity index is 1.85. The molecule has 0 aliphatic rings. The van der Waals surface area contributed by atoms with Gasteiger partial charge in [0, 0.05) is 32.1 Å². The first-order valence-corrected chi connectivity index (χ1v) is 6.85. The molecule has 0 bridgehead atoms. The van der Waals surface area contributed by atoms with Gasteiger partial charge in [0.25, 0.3) is 0 Å². The largest absolute Gasteiger partial charge is 0.396 e. The SMILES string of the molecule is CC(C)(CCCO)CNCc1cn2ccccc2n1. The predicted octanol–water partition coefficient (Wildman–Crippen LogP) is 2.22. The molecule has 104 valence electrons. The van der Waals surface area contributed by atoms with Crippen molar-refractivity contribution >= 4 is 5.65 Å². The third-order valence-corrected chi connectivity index (χ3v) is 3.34. The number of aromatic nitrogens is 2. The Morgan fingerprint density at radius 2 is 2.21 bits per heavy atom. The second kappa shape index (κ2) is 6.17. The summed E-state index contributed by atoms with van der Waals surface area (Å²) >= 11 is 0. The predicted molar refractivity (Wildman–Crippen MR) is 77.0 cm³/mol. The van der Waals surface area contributed by atoms with Crippen LogP contribution in [0.15, 0.2) is 30.6 Å². The standard InChI is InChI=1S/C15H23N3O/c1-15(2,7-5-9-19)12-16-10-13-11-18-8-4-3-6-14(18)17-13/h3-4,6,8,11,16,19H,5,7,9-10,12H2,1-2H3. The summed E-state index contributed by atoms with van der Waals surface area (Å²) in [5.74, 6) is 0. The van der Waals surface area contributed by atoms with E-state index in [1.54, 1.807) is 0 Å². The topological polar surface area (TPSA) is 49.6 Å². The van der Waals surface area contributed by atoms with Crippen LogP contribution in [0, 0.1) is 5.41 Å². The molecule has 2 aromatic rings. The second-order valence-electron chi connectivity index (χ2n) is 5.79. The van der Waals surface area contributed by atoms with Crippen molar-refractivity contribution in [3.63, 3.8) is 0 Å². The summed E-state index contributed by atoms with van der Waals surface area (Å²) in [5.41, 5.74) is 2.25. The van der Waals surface area contributed by atoms with E-state index in [9.17, 15) is 0 Å². The Hall–Kier alpha value is -1.39. The molecular formula is C15H23N3O. The summed E-state index contributed by atoms with van der Waals surface area (Å²) in [6.07, 6.45) is 5.96. The lowest BCUT2D eigenvalue weighted by Crippen LogP contribution is -2.29. The molecule has 4 heteroatoms. The van der Waals surface area contributed by atoms with Crippen LogP contribution >= 0.6 is 0 Å². The van der Waals surface area contributed by atoms with Crippen LogP contribution in [-0.4, -0.2) is 27.6 Å². The summed E-state index contributed by atoms with van der Waals surface area (Å²) in [5, 5.41) is 12.3. The molecule has 0 unspecified atom stereocenters. The van der Waals surface area contributed by atoms with Gasteiger partial charge in [0.2, 0.25) is 0 Å². The van der Waals surface area contributed by atoms with Gasteiger partial charge in [-0.15, -0.1) is 0 Å². The molecule has 4 nitrogen and oxygen atoms in total. The summed E-state index contributed by atoms with van der Waals surface area (Å²) in [4.78, 5) is 4.55. The first-order chi connectivity index (χ1) is 9.11. The molecular weight excluding hydrogens is 238 g/mol. The fourth-order valence-electron chi connectivity index (χ4n) is 2.25. The maximum atomic E-state index is 8.88. The Morgan fingerprint density at radius 3 is 2.95 bits per heavy atom. The average Bonchev–Trinajstić information content (AvgIpc) is 2.78. The van der Waals surface area contributed by atoms with Crippen LogP contribution in [0.2, 0.25) is 0 Å². The molecule has 2 rings (SSSR count). The summed E-state index contributed by atoms with van der Waals surface area (Å²) in [6.45, 7) is 6.43. The lowest BCUT2D eigenvalue weighted by atomic mass is 9.88. The summed E-state index contributed by atoms with van der Waals surface area (Å²) in [7, 11) is 0. The highest BCUT2D eigenvalue weighted by Crippen LogP contribution is 2.20. The number of rotatable bonds is 7. The average molecular weight is 261 g/mol. The van der Waals surface area contributed by atoms with Crippen LogP contribution in [0.5, 0.6) is 0 Å². The van der Waals surface area contributed by atoms with Crippen molar-refractivity contribution in [3.05, 3.63) is 36.3 Å². The Morgan fingerprint density at radius 1 is 1.37 bits per heavy atom. The van der Waals surface area contributed by atoms with Crippen LogP contribution in [0.25, 0.3) is 5.65 Å². The molecule has 0 amide bonds.